The van der Waals surface area contributed by atoms with Crippen molar-refractivity contribution in [2.75, 3.05) is 26.3 Å². The van der Waals surface area contributed by atoms with Gasteiger partial charge >= 0.3 is 0 Å². The number of aromatic nitrogens is 3. The molecule has 26 heavy (non-hydrogen) atoms. The van der Waals surface area contributed by atoms with E-state index in [4.69, 9.17) is 9.47 Å². The molecule has 4 heterocycles. The van der Waals surface area contributed by atoms with Gasteiger partial charge in [-0.2, -0.15) is 0 Å². The summed E-state index contributed by atoms with van der Waals surface area (Å²) in [5, 5.41) is 0. The van der Waals surface area contributed by atoms with Crippen molar-refractivity contribution in [3.63, 3.8) is 0 Å². The second-order valence-corrected chi connectivity index (χ2v) is 6.81. The number of likely N-dealkylation sites (tertiary alicyclic amines) is 1. The minimum Gasteiger partial charge on any atom is -0.375 e. The SMILES string of the molecule is O=C(c1cnccn1)N1CC2(C1)OCC[C@@H]2CCOCc1ccccn1. The van der Waals surface area contributed by atoms with Crippen LogP contribution in [0.1, 0.15) is 29.0 Å². The average Bonchev–Trinajstić information content (AvgIpc) is 3.09. The van der Waals surface area contributed by atoms with E-state index in [0.29, 0.717) is 37.9 Å². The van der Waals surface area contributed by atoms with Crippen LogP contribution in [0.5, 0.6) is 0 Å². The molecule has 7 nitrogen and oxygen atoms in total. The first kappa shape index (κ1) is 17.1. The van der Waals surface area contributed by atoms with Crippen molar-refractivity contribution < 1.29 is 14.3 Å². The molecule has 0 aromatic carbocycles. The molecular weight excluding hydrogens is 332 g/mol. The monoisotopic (exact) mass is 354 g/mol. The molecule has 2 fully saturated rings. The van der Waals surface area contributed by atoms with Crippen LogP contribution >= 0.6 is 0 Å². The number of amides is 1. The number of carbonyl (C=O) groups excluding carboxylic acids is 1. The van der Waals surface area contributed by atoms with Crippen LogP contribution in [-0.2, 0) is 16.1 Å². The molecule has 0 radical (unpaired) electrons. The van der Waals surface area contributed by atoms with E-state index in [1.54, 1.807) is 17.3 Å². The molecule has 0 aliphatic carbocycles. The number of nitrogens with zero attached hydrogens (tertiary/aromatic N) is 4. The smallest absolute Gasteiger partial charge is 0.274 e. The molecular formula is C19H22N4O3. The highest BCUT2D eigenvalue weighted by atomic mass is 16.5. The molecule has 2 aliphatic heterocycles. The number of hydrogen-bond donors (Lipinski definition) is 0. The normalized spacial score (nSPS) is 20.9. The summed E-state index contributed by atoms with van der Waals surface area (Å²) < 4.78 is 11.8. The Balaban J connectivity index is 1.26. The third-order valence-corrected chi connectivity index (χ3v) is 5.17. The van der Waals surface area contributed by atoms with Gasteiger partial charge in [-0.15, -0.1) is 0 Å². The summed E-state index contributed by atoms with van der Waals surface area (Å²) >= 11 is 0. The van der Waals surface area contributed by atoms with Crippen LogP contribution in [-0.4, -0.2) is 57.7 Å². The fourth-order valence-corrected chi connectivity index (χ4v) is 3.74. The molecule has 2 aromatic rings. The molecule has 2 aromatic heterocycles. The Morgan fingerprint density at radius 2 is 2.19 bits per heavy atom. The zero-order valence-electron chi connectivity index (χ0n) is 14.6. The van der Waals surface area contributed by atoms with E-state index >= 15 is 0 Å². The molecule has 0 unspecified atom stereocenters. The predicted octanol–water partition coefficient (Wildman–Crippen LogP) is 1.71. The maximum atomic E-state index is 12.4. The molecule has 1 spiro atoms. The fraction of sp³-hybridized carbons (Fsp3) is 0.474. The summed E-state index contributed by atoms with van der Waals surface area (Å²) in [4.78, 5) is 26.5. The molecule has 0 saturated carbocycles. The number of ether oxygens (including phenoxy) is 2. The Morgan fingerprint density at radius 3 is 2.96 bits per heavy atom. The van der Waals surface area contributed by atoms with Crippen LogP contribution in [0.25, 0.3) is 0 Å². The largest absolute Gasteiger partial charge is 0.375 e. The standard InChI is InChI=1S/C19H22N4O3/c24-18(17-11-20-7-8-22-17)23-13-19(14-23)15(5-10-26-19)4-9-25-12-16-3-1-2-6-21-16/h1-3,6-8,11,15H,4-5,9-10,12-14H2/t15-/m0/s1. The third kappa shape index (κ3) is 3.45. The van der Waals surface area contributed by atoms with Gasteiger partial charge in [-0.3, -0.25) is 14.8 Å². The van der Waals surface area contributed by atoms with Crippen LogP contribution in [0.2, 0.25) is 0 Å². The lowest BCUT2D eigenvalue weighted by Crippen LogP contribution is -2.66. The molecule has 2 saturated heterocycles. The van der Waals surface area contributed by atoms with E-state index in [-0.39, 0.29) is 11.5 Å². The number of rotatable bonds is 6. The summed E-state index contributed by atoms with van der Waals surface area (Å²) in [7, 11) is 0. The Hall–Kier alpha value is -2.38. The molecule has 7 heteroatoms. The zero-order chi connectivity index (χ0) is 17.8. The van der Waals surface area contributed by atoms with Crippen LogP contribution in [0.3, 0.4) is 0 Å². The van der Waals surface area contributed by atoms with E-state index in [1.807, 2.05) is 18.2 Å². The Morgan fingerprint density at radius 1 is 1.27 bits per heavy atom. The van der Waals surface area contributed by atoms with Crippen molar-refractivity contribution in [2.24, 2.45) is 5.92 Å². The van der Waals surface area contributed by atoms with E-state index in [2.05, 4.69) is 15.0 Å². The van der Waals surface area contributed by atoms with Crippen molar-refractivity contribution in [3.05, 3.63) is 54.4 Å². The van der Waals surface area contributed by atoms with Gasteiger partial charge in [-0.25, -0.2) is 4.98 Å². The lowest BCUT2D eigenvalue weighted by Gasteiger charge is -2.50. The van der Waals surface area contributed by atoms with E-state index in [1.165, 1.54) is 12.4 Å². The van der Waals surface area contributed by atoms with Crippen LogP contribution in [0.15, 0.2) is 43.0 Å². The van der Waals surface area contributed by atoms with Gasteiger partial charge in [0.05, 0.1) is 31.6 Å². The molecule has 1 amide bonds. The topological polar surface area (TPSA) is 77.4 Å². The van der Waals surface area contributed by atoms with Gasteiger partial charge in [0, 0.05) is 31.8 Å². The Labute approximate surface area is 152 Å². The van der Waals surface area contributed by atoms with Gasteiger partial charge in [0.15, 0.2) is 0 Å². The fourth-order valence-electron chi connectivity index (χ4n) is 3.74. The van der Waals surface area contributed by atoms with E-state index in [0.717, 1.165) is 25.1 Å². The average molecular weight is 354 g/mol. The lowest BCUT2D eigenvalue weighted by molar-refractivity contribution is -0.120. The molecule has 4 rings (SSSR count). The summed E-state index contributed by atoms with van der Waals surface area (Å²) in [6.45, 7) is 3.18. The van der Waals surface area contributed by atoms with Crippen molar-refractivity contribution in [2.45, 2.75) is 25.0 Å². The summed E-state index contributed by atoms with van der Waals surface area (Å²) in [6, 6.07) is 5.82. The van der Waals surface area contributed by atoms with Crippen molar-refractivity contribution in [1.29, 1.82) is 0 Å². The third-order valence-electron chi connectivity index (χ3n) is 5.17. The summed E-state index contributed by atoms with van der Waals surface area (Å²) in [6.07, 6.45) is 8.33. The van der Waals surface area contributed by atoms with Crippen LogP contribution < -0.4 is 0 Å². The molecule has 0 bridgehead atoms. The van der Waals surface area contributed by atoms with E-state index in [9.17, 15) is 4.79 Å². The number of carbonyl (C=O) groups is 1. The maximum absolute atomic E-state index is 12.4. The minimum atomic E-state index is -0.216. The van der Waals surface area contributed by atoms with Gasteiger partial charge in [0.2, 0.25) is 0 Å². The Bertz CT molecular complexity index is 735. The first-order chi connectivity index (χ1) is 12.8. The quantitative estimate of drug-likeness (QED) is 0.735. The highest BCUT2D eigenvalue weighted by Crippen LogP contribution is 2.42. The maximum Gasteiger partial charge on any atom is 0.274 e. The molecule has 136 valence electrons. The first-order valence-electron chi connectivity index (χ1n) is 8.94. The van der Waals surface area contributed by atoms with Gasteiger partial charge in [-0.05, 0) is 30.9 Å². The molecule has 1 atom stereocenters. The van der Waals surface area contributed by atoms with Gasteiger partial charge in [-0.1, -0.05) is 6.07 Å². The van der Waals surface area contributed by atoms with Gasteiger partial charge in [0.25, 0.3) is 5.91 Å². The highest BCUT2D eigenvalue weighted by molar-refractivity contribution is 5.92. The zero-order valence-corrected chi connectivity index (χ0v) is 14.6. The number of pyridine rings is 1. The molecule has 2 aliphatic rings. The van der Waals surface area contributed by atoms with Gasteiger partial charge in [0.1, 0.15) is 11.3 Å². The van der Waals surface area contributed by atoms with Crippen molar-refractivity contribution in [1.82, 2.24) is 19.9 Å². The van der Waals surface area contributed by atoms with E-state index < -0.39 is 0 Å². The first-order valence-corrected chi connectivity index (χ1v) is 8.94. The molecule has 0 N–H and O–H groups in total. The lowest BCUT2D eigenvalue weighted by atomic mass is 9.79. The predicted molar refractivity (Wildman–Crippen MR) is 93.2 cm³/mol. The minimum absolute atomic E-state index is 0.0793. The summed E-state index contributed by atoms with van der Waals surface area (Å²) in [5.74, 6) is 0.335. The van der Waals surface area contributed by atoms with Crippen LogP contribution in [0, 0.1) is 5.92 Å². The summed E-state index contributed by atoms with van der Waals surface area (Å²) in [5.41, 5.74) is 1.11. The number of hydrogen-bond acceptors (Lipinski definition) is 6. The second-order valence-electron chi connectivity index (χ2n) is 6.81. The second kappa shape index (κ2) is 7.47. The van der Waals surface area contributed by atoms with Gasteiger partial charge < -0.3 is 14.4 Å². The van der Waals surface area contributed by atoms with Crippen LogP contribution in [0.4, 0.5) is 0 Å². The highest BCUT2D eigenvalue weighted by Gasteiger charge is 2.54. The Kier molecular flexibility index (Phi) is 4.90. The van der Waals surface area contributed by atoms with Crippen molar-refractivity contribution >= 4 is 5.91 Å². The van der Waals surface area contributed by atoms with Crippen molar-refractivity contribution in [3.8, 4) is 0 Å².